The number of nitrogens with zero attached hydrogens (tertiary/aromatic N) is 1. The quantitative estimate of drug-likeness (QED) is 0.783. The van der Waals surface area contributed by atoms with Gasteiger partial charge in [-0.25, -0.2) is 0 Å². The second kappa shape index (κ2) is 8.94. The molecule has 2 aromatic rings. The summed E-state index contributed by atoms with van der Waals surface area (Å²) in [4.78, 5) is 14.1. The van der Waals surface area contributed by atoms with E-state index >= 15 is 0 Å². The molecular formula is C18H20Cl2N2O3. The van der Waals surface area contributed by atoms with Crippen molar-refractivity contribution in [3.05, 3.63) is 52.0 Å². The number of amides is 1. The zero-order valence-corrected chi connectivity index (χ0v) is 15.8. The first-order chi connectivity index (χ1) is 11.9. The monoisotopic (exact) mass is 382 g/mol. The molecule has 2 rings (SSSR count). The molecule has 7 heteroatoms. The van der Waals surface area contributed by atoms with Crippen LogP contribution >= 0.6 is 23.2 Å². The summed E-state index contributed by atoms with van der Waals surface area (Å²) in [7, 11) is 5.04. The zero-order valence-electron chi connectivity index (χ0n) is 14.3. The molecule has 0 aliphatic heterocycles. The van der Waals surface area contributed by atoms with Gasteiger partial charge in [-0.3, -0.25) is 9.69 Å². The van der Waals surface area contributed by atoms with Crippen molar-refractivity contribution < 1.29 is 14.3 Å². The maximum atomic E-state index is 12.2. The summed E-state index contributed by atoms with van der Waals surface area (Å²) in [5.41, 5.74) is 1.54. The number of anilines is 1. The van der Waals surface area contributed by atoms with Crippen LogP contribution in [0.2, 0.25) is 10.0 Å². The molecule has 0 spiro atoms. The Balaban J connectivity index is 1.99. The van der Waals surface area contributed by atoms with Gasteiger partial charge in [-0.15, -0.1) is 0 Å². The first kappa shape index (κ1) is 19.4. The van der Waals surface area contributed by atoms with Crippen molar-refractivity contribution >= 4 is 34.8 Å². The maximum Gasteiger partial charge on any atom is 0.238 e. The van der Waals surface area contributed by atoms with E-state index in [1.807, 2.05) is 30.1 Å². The Labute approximate surface area is 157 Å². The van der Waals surface area contributed by atoms with E-state index in [2.05, 4.69) is 5.32 Å². The van der Waals surface area contributed by atoms with E-state index in [0.717, 1.165) is 5.56 Å². The fourth-order valence-electron chi connectivity index (χ4n) is 2.44. The Kier molecular flexibility index (Phi) is 6.93. The predicted molar refractivity (Wildman–Crippen MR) is 101 cm³/mol. The molecule has 5 nitrogen and oxygen atoms in total. The minimum Gasteiger partial charge on any atom is -0.493 e. The summed E-state index contributed by atoms with van der Waals surface area (Å²) in [6.45, 7) is 0.746. The molecule has 0 aliphatic rings. The third-order valence-corrected chi connectivity index (χ3v) is 4.28. The number of benzene rings is 2. The number of nitrogens with one attached hydrogen (secondary N) is 1. The highest BCUT2D eigenvalue weighted by Gasteiger charge is 2.13. The molecule has 134 valence electrons. The lowest BCUT2D eigenvalue weighted by atomic mass is 10.1. The van der Waals surface area contributed by atoms with Crippen molar-refractivity contribution in [2.45, 2.75) is 6.54 Å². The van der Waals surface area contributed by atoms with E-state index in [1.54, 1.807) is 32.4 Å². The van der Waals surface area contributed by atoms with E-state index in [4.69, 9.17) is 32.7 Å². The number of hydrogen-bond donors (Lipinski definition) is 1. The lowest BCUT2D eigenvalue weighted by Gasteiger charge is -2.19. The molecule has 0 saturated carbocycles. The number of ether oxygens (including phenoxy) is 2. The van der Waals surface area contributed by atoms with Crippen LogP contribution in [0.25, 0.3) is 0 Å². The summed E-state index contributed by atoms with van der Waals surface area (Å²) in [6, 6.07) is 10.6. The van der Waals surface area contributed by atoms with E-state index < -0.39 is 0 Å². The second-order valence-electron chi connectivity index (χ2n) is 5.50. The Bertz CT molecular complexity index is 753. The molecule has 0 radical (unpaired) electrons. The zero-order chi connectivity index (χ0) is 18.4. The molecule has 25 heavy (non-hydrogen) atoms. The fraction of sp³-hybridized carbons (Fsp3) is 0.278. The van der Waals surface area contributed by atoms with Gasteiger partial charge in [0.15, 0.2) is 11.5 Å². The Hall–Kier alpha value is -1.95. The number of hydrogen-bond acceptors (Lipinski definition) is 4. The van der Waals surface area contributed by atoms with Crippen LogP contribution in [0.15, 0.2) is 36.4 Å². The van der Waals surface area contributed by atoms with Gasteiger partial charge in [-0.2, -0.15) is 0 Å². The highest BCUT2D eigenvalue weighted by molar-refractivity contribution is 6.42. The number of likely N-dealkylation sites (N-methyl/N-ethyl adjacent to an activating group) is 1. The standard InChI is InChI=1S/C18H20Cl2N2O3/c1-22(10-12-5-4-6-16(24-2)18(12)25-3)11-17(23)21-13-7-8-14(19)15(20)9-13/h4-9H,10-11H2,1-3H3,(H,21,23). The molecule has 0 aliphatic carbocycles. The van der Waals surface area contributed by atoms with E-state index in [9.17, 15) is 4.79 Å². The van der Waals surface area contributed by atoms with Crippen molar-refractivity contribution in [2.24, 2.45) is 0 Å². The van der Waals surface area contributed by atoms with Crippen LogP contribution in [-0.4, -0.2) is 38.6 Å². The van der Waals surface area contributed by atoms with Crippen molar-refractivity contribution in [3.8, 4) is 11.5 Å². The third kappa shape index (κ3) is 5.26. The number of halogens is 2. The van der Waals surface area contributed by atoms with Gasteiger partial charge in [0.05, 0.1) is 30.8 Å². The van der Waals surface area contributed by atoms with Crippen molar-refractivity contribution in [1.82, 2.24) is 4.90 Å². The number of para-hydroxylation sites is 1. The minimum absolute atomic E-state index is 0.150. The van der Waals surface area contributed by atoms with Crippen molar-refractivity contribution in [3.63, 3.8) is 0 Å². The normalized spacial score (nSPS) is 10.6. The Morgan fingerprint density at radius 3 is 2.52 bits per heavy atom. The molecule has 1 amide bonds. The van der Waals surface area contributed by atoms with Gasteiger partial charge >= 0.3 is 0 Å². The predicted octanol–water partition coefficient (Wildman–Crippen LogP) is 4.08. The topological polar surface area (TPSA) is 50.8 Å². The summed E-state index contributed by atoms with van der Waals surface area (Å²) in [5.74, 6) is 1.18. The Morgan fingerprint density at radius 2 is 1.88 bits per heavy atom. The molecule has 1 N–H and O–H groups in total. The summed E-state index contributed by atoms with van der Waals surface area (Å²) in [6.07, 6.45) is 0. The van der Waals surface area contributed by atoms with Gasteiger partial charge in [-0.05, 0) is 31.3 Å². The smallest absolute Gasteiger partial charge is 0.238 e. The van der Waals surface area contributed by atoms with Crippen LogP contribution in [0.1, 0.15) is 5.56 Å². The molecular weight excluding hydrogens is 363 g/mol. The van der Waals surface area contributed by atoms with Crippen molar-refractivity contribution in [2.75, 3.05) is 33.1 Å². The first-order valence-corrected chi connectivity index (χ1v) is 8.33. The van der Waals surface area contributed by atoms with Crippen LogP contribution in [0.3, 0.4) is 0 Å². The molecule has 0 aromatic heterocycles. The lowest BCUT2D eigenvalue weighted by Crippen LogP contribution is -2.30. The molecule has 0 bridgehead atoms. The number of carbonyl (C=O) groups excluding carboxylic acids is 1. The van der Waals surface area contributed by atoms with Gasteiger partial charge in [0.1, 0.15) is 0 Å². The lowest BCUT2D eigenvalue weighted by molar-refractivity contribution is -0.117. The van der Waals surface area contributed by atoms with Gasteiger partial charge in [0, 0.05) is 17.8 Å². The highest BCUT2D eigenvalue weighted by atomic mass is 35.5. The third-order valence-electron chi connectivity index (χ3n) is 3.54. The van der Waals surface area contributed by atoms with E-state index in [0.29, 0.717) is 33.8 Å². The van der Waals surface area contributed by atoms with Crippen LogP contribution in [0.4, 0.5) is 5.69 Å². The molecule has 0 atom stereocenters. The summed E-state index contributed by atoms with van der Waals surface area (Å²) >= 11 is 11.8. The fourth-order valence-corrected chi connectivity index (χ4v) is 2.74. The largest absolute Gasteiger partial charge is 0.493 e. The van der Waals surface area contributed by atoms with Crippen molar-refractivity contribution in [1.29, 1.82) is 0 Å². The van der Waals surface area contributed by atoms with Crippen LogP contribution in [0, 0.1) is 0 Å². The number of methoxy groups -OCH3 is 2. The number of rotatable bonds is 7. The van der Waals surface area contributed by atoms with Gasteiger partial charge in [-0.1, -0.05) is 35.3 Å². The van der Waals surface area contributed by atoms with Gasteiger partial charge < -0.3 is 14.8 Å². The molecule has 0 heterocycles. The Morgan fingerprint density at radius 1 is 1.12 bits per heavy atom. The summed E-state index contributed by atoms with van der Waals surface area (Å²) in [5, 5.41) is 3.64. The average molecular weight is 383 g/mol. The van der Waals surface area contributed by atoms with E-state index in [-0.39, 0.29) is 12.5 Å². The molecule has 0 unspecified atom stereocenters. The second-order valence-corrected chi connectivity index (χ2v) is 6.32. The molecule has 0 fully saturated rings. The molecule has 0 saturated heterocycles. The van der Waals surface area contributed by atoms with E-state index in [1.165, 1.54) is 0 Å². The average Bonchev–Trinajstić information content (AvgIpc) is 2.57. The van der Waals surface area contributed by atoms with Crippen LogP contribution in [0.5, 0.6) is 11.5 Å². The first-order valence-electron chi connectivity index (χ1n) is 7.58. The SMILES string of the molecule is COc1cccc(CN(C)CC(=O)Nc2ccc(Cl)c(Cl)c2)c1OC. The van der Waals surface area contributed by atoms with Gasteiger partial charge in [0.25, 0.3) is 0 Å². The van der Waals surface area contributed by atoms with Crippen LogP contribution in [-0.2, 0) is 11.3 Å². The van der Waals surface area contributed by atoms with Gasteiger partial charge in [0.2, 0.25) is 5.91 Å². The highest BCUT2D eigenvalue weighted by Crippen LogP contribution is 2.31. The summed E-state index contributed by atoms with van der Waals surface area (Å²) < 4.78 is 10.7. The number of carbonyl (C=O) groups is 1. The maximum absolute atomic E-state index is 12.2. The molecule has 2 aromatic carbocycles. The minimum atomic E-state index is -0.150. The van der Waals surface area contributed by atoms with Crippen LogP contribution < -0.4 is 14.8 Å².